The van der Waals surface area contributed by atoms with Crippen LogP contribution in [0.3, 0.4) is 0 Å². The number of aryl methyl sites for hydroxylation is 1. The van der Waals surface area contributed by atoms with Gasteiger partial charge in [0, 0.05) is 17.0 Å². The molecule has 0 aliphatic rings. The van der Waals surface area contributed by atoms with Crippen molar-refractivity contribution < 1.29 is 9.32 Å². The molecule has 0 fully saturated rings. The molecule has 1 N–H and O–H groups in total. The molecule has 0 saturated carbocycles. The van der Waals surface area contributed by atoms with Crippen LogP contribution in [-0.4, -0.2) is 16.0 Å². The van der Waals surface area contributed by atoms with Gasteiger partial charge in [0.15, 0.2) is 0 Å². The van der Waals surface area contributed by atoms with Crippen LogP contribution in [0.4, 0.5) is 0 Å². The Kier molecular flexibility index (Phi) is 5.99. The van der Waals surface area contributed by atoms with Gasteiger partial charge in [-0.05, 0) is 30.4 Å². The van der Waals surface area contributed by atoms with E-state index in [2.05, 4.69) is 15.5 Å². The topological polar surface area (TPSA) is 68.0 Å². The minimum absolute atomic E-state index is 0.0122. The minimum Gasteiger partial charge on any atom is -0.344 e. The molecule has 0 bridgehead atoms. The molecular weight excluding hydrogens is 326 g/mol. The Balaban J connectivity index is 2.22. The predicted octanol–water partition coefficient (Wildman–Crippen LogP) is 4.56. The Morgan fingerprint density at radius 1 is 1.29 bits per heavy atom. The molecular formula is C18H24ClN3O2. The summed E-state index contributed by atoms with van der Waals surface area (Å²) in [6.45, 7) is 9.97. The summed E-state index contributed by atoms with van der Waals surface area (Å²) in [5, 5.41) is 7.68. The van der Waals surface area contributed by atoms with Crippen molar-refractivity contribution in [2.45, 2.75) is 47.1 Å². The first-order chi connectivity index (χ1) is 11.3. The highest BCUT2D eigenvalue weighted by Gasteiger charge is 2.25. The minimum atomic E-state index is -0.307. The van der Waals surface area contributed by atoms with E-state index < -0.39 is 0 Å². The number of benzene rings is 1. The van der Waals surface area contributed by atoms with Crippen molar-refractivity contribution in [3.05, 3.63) is 34.7 Å². The summed E-state index contributed by atoms with van der Waals surface area (Å²) in [7, 11) is 0. The highest BCUT2D eigenvalue weighted by atomic mass is 35.5. The summed E-state index contributed by atoms with van der Waals surface area (Å²) < 4.78 is 5.40. The van der Waals surface area contributed by atoms with Gasteiger partial charge in [0.05, 0.1) is 0 Å². The van der Waals surface area contributed by atoms with Crippen molar-refractivity contribution in [3.63, 3.8) is 0 Å². The average molecular weight is 350 g/mol. The average Bonchev–Trinajstić information content (AvgIpc) is 2.96. The van der Waals surface area contributed by atoms with Crippen LogP contribution in [0.15, 0.2) is 22.7 Å². The lowest BCUT2D eigenvalue weighted by molar-refractivity contribution is -0.123. The number of carbonyl (C=O) groups excluding carboxylic acids is 1. The van der Waals surface area contributed by atoms with Gasteiger partial charge < -0.3 is 9.84 Å². The zero-order chi connectivity index (χ0) is 17.9. The summed E-state index contributed by atoms with van der Waals surface area (Å²) in [4.78, 5) is 16.5. The van der Waals surface area contributed by atoms with Crippen LogP contribution in [0.1, 0.15) is 51.6 Å². The van der Waals surface area contributed by atoms with E-state index in [9.17, 15) is 4.79 Å². The van der Waals surface area contributed by atoms with E-state index in [1.807, 2.05) is 52.8 Å². The van der Waals surface area contributed by atoms with Gasteiger partial charge in [-0.3, -0.25) is 4.79 Å². The number of nitrogens with zero attached hydrogens (tertiary/aromatic N) is 2. The molecule has 0 aliphatic heterocycles. The van der Waals surface area contributed by atoms with Crippen molar-refractivity contribution in [1.29, 1.82) is 0 Å². The Bertz CT molecular complexity index is 710. The fraction of sp³-hybridized carbons (Fsp3) is 0.500. The first kappa shape index (κ1) is 18.5. The van der Waals surface area contributed by atoms with Gasteiger partial charge in [-0.25, -0.2) is 0 Å². The Labute approximate surface area is 147 Å². The summed E-state index contributed by atoms with van der Waals surface area (Å²) in [6.07, 6.45) is 0.470. The number of hydrogen-bond donors (Lipinski definition) is 1. The van der Waals surface area contributed by atoms with Gasteiger partial charge in [0.1, 0.15) is 6.04 Å². The van der Waals surface area contributed by atoms with Gasteiger partial charge in [0.25, 0.3) is 0 Å². The molecule has 130 valence electrons. The lowest BCUT2D eigenvalue weighted by atomic mass is 10.0. The number of carbonyl (C=O) groups is 1. The Morgan fingerprint density at radius 2 is 2.00 bits per heavy atom. The van der Waals surface area contributed by atoms with Crippen LogP contribution in [0.5, 0.6) is 0 Å². The Hall–Kier alpha value is -1.88. The molecule has 2 aromatic rings. The molecule has 0 saturated heterocycles. The molecule has 0 aliphatic carbocycles. The molecule has 0 radical (unpaired) electrons. The maximum atomic E-state index is 12.1. The second kappa shape index (κ2) is 7.79. The lowest BCUT2D eigenvalue weighted by Crippen LogP contribution is -2.32. The van der Waals surface area contributed by atoms with Gasteiger partial charge >= 0.3 is 0 Å². The quantitative estimate of drug-likeness (QED) is 0.830. The molecule has 0 unspecified atom stereocenters. The molecule has 24 heavy (non-hydrogen) atoms. The summed E-state index contributed by atoms with van der Waals surface area (Å²) in [5.74, 6) is 1.30. The van der Waals surface area contributed by atoms with Crippen LogP contribution in [-0.2, 0) is 4.79 Å². The fourth-order valence-corrected chi connectivity index (χ4v) is 2.51. The van der Waals surface area contributed by atoms with Gasteiger partial charge in [0.2, 0.25) is 17.6 Å². The van der Waals surface area contributed by atoms with E-state index in [-0.39, 0.29) is 17.9 Å². The summed E-state index contributed by atoms with van der Waals surface area (Å²) in [6, 6.07) is 5.32. The molecule has 0 spiro atoms. The van der Waals surface area contributed by atoms with Crippen molar-refractivity contribution in [1.82, 2.24) is 15.5 Å². The standard InChI is InChI=1S/C18H24ClN3O2/c1-10(2)8-15(23)20-16(11(3)4)18-21-17(22-24-18)13-7-6-12(5)14(19)9-13/h6-7,9-11,16H,8H2,1-5H3,(H,20,23)/t16-/m1/s1. The SMILES string of the molecule is Cc1ccc(-c2noc([C@H](NC(=O)CC(C)C)C(C)C)n2)cc1Cl. The lowest BCUT2D eigenvalue weighted by Gasteiger charge is -2.19. The monoisotopic (exact) mass is 349 g/mol. The number of amides is 1. The third-order valence-electron chi connectivity index (χ3n) is 3.71. The number of halogens is 1. The van der Waals surface area contributed by atoms with Crippen LogP contribution >= 0.6 is 11.6 Å². The van der Waals surface area contributed by atoms with Gasteiger partial charge in [-0.2, -0.15) is 4.98 Å². The molecule has 6 heteroatoms. The predicted molar refractivity (Wildman–Crippen MR) is 94.7 cm³/mol. The molecule has 1 aromatic carbocycles. The van der Waals surface area contributed by atoms with Crippen molar-refractivity contribution in [2.75, 3.05) is 0 Å². The zero-order valence-electron chi connectivity index (χ0n) is 14.8. The summed E-state index contributed by atoms with van der Waals surface area (Å²) in [5.41, 5.74) is 1.78. The number of hydrogen-bond acceptors (Lipinski definition) is 4. The molecule has 2 rings (SSSR count). The first-order valence-electron chi connectivity index (χ1n) is 8.17. The second-order valence-corrected chi connectivity index (χ2v) is 7.21. The van der Waals surface area contributed by atoms with Crippen LogP contribution in [0.2, 0.25) is 5.02 Å². The van der Waals surface area contributed by atoms with E-state index >= 15 is 0 Å². The van der Waals surface area contributed by atoms with E-state index in [1.165, 1.54) is 0 Å². The highest BCUT2D eigenvalue weighted by molar-refractivity contribution is 6.31. The molecule has 1 aromatic heterocycles. The Morgan fingerprint density at radius 3 is 2.58 bits per heavy atom. The van der Waals surface area contributed by atoms with Crippen molar-refractivity contribution in [2.24, 2.45) is 11.8 Å². The second-order valence-electron chi connectivity index (χ2n) is 6.81. The first-order valence-corrected chi connectivity index (χ1v) is 8.55. The highest BCUT2D eigenvalue weighted by Crippen LogP contribution is 2.26. The third-order valence-corrected chi connectivity index (χ3v) is 4.12. The molecule has 1 atom stereocenters. The van der Waals surface area contributed by atoms with E-state index in [1.54, 1.807) is 0 Å². The zero-order valence-corrected chi connectivity index (χ0v) is 15.5. The molecule has 5 nitrogen and oxygen atoms in total. The van der Waals surface area contributed by atoms with E-state index in [4.69, 9.17) is 16.1 Å². The maximum Gasteiger partial charge on any atom is 0.249 e. The fourth-order valence-electron chi connectivity index (χ4n) is 2.33. The third kappa shape index (κ3) is 4.57. The van der Waals surface area contributed by atoms with E-state index in [0.717, 1.165) is 11.1 Å². The van der Waals surface area contributed by atoms with Crippen LogP contribution in [0.25, 0.3) is 11.4 Å². The van der Waals surface area contributed by atoms with Gasteiger partial charge in [-0.15, -0.1) is 0 Å². The van der Waals surface area contributed by atoms with Crippen LogP contribution < -0.4 is 5.32 Å². The number of rotatable bonds is 6. The van der Waals surface area contributed by atoms with Crippen molar-refractivity contribution >= 4 is 17.5 Å². The summed E-state index contributed by atoms with van der Waals surface area (Å²) >= 11 is 6.16. The largest absolute Gasteiger partial charge is 0.344 e. The smallest absolute Gasteiger partial charge is 0.249 e. The van der Waals surface area contributed by atoms with Crippen LogP contribution in [0, 0.1) is 18.8 Å². The number of aromatic nitrogens is 2. The normalized spacial score (nSPS) is 12.7. The maximum absolute atomic E-state index is 12.1. The van der Waals surface area contributed by atoms with Crippen molar-refractivity contribution in [3.8, 4) is 11.4 Å². The molecule has 1 amide bonds. The number of nitrogens with one attached hydrogen (secondary N) is 1. The van der Waals surface area contributed by atoms with E-state index in [0.29, 0.717) is 29.1 Å². The molecule has 1 heterocycles. The van der Waals surface area contributed by atoms with Gasteiger partial charge in [-0.1, -0.05) is 56.6 Å².